The number of benzene rings is 3. The van der Waals surface area contributed by atoms with Gasteiger partial charge in [-0.05, 0) is 87.7 Å². The van der Waals surface area contributed by atoms with E-state index in [1.165, 1.54) is 12.1 Å². The van der Waals surface area contributed by atoms with Crippen molar-refractivity contribution in [2.24, 2.45) is 4.99 Å². The lowest BCUT2D eigenvalue weighted by atomic mass is 10.00. The van der Waals surface area contributed by atoms with Crippen LogP contribution in [-0.2, 0) is 4.79 Å². The predicted molar refractivity (Wildman–Crippen MR) is 145 cm³/mol. The first-order valence-electron chi connectivity index (χ1n) is 12.3. The van der Waals surface area contributed by atoms with Crippen LogP contribution in [0.4, 0.5) is 15.8 Å². The molecule has 2 N–H and O–H groups in total. The van der Waals surface area contributed by atoms with Crippen LogP contribution in [0.25, 0.3) is 10.9 Å². The Morgan fingerprint density at radius 1 is 1.03 bits per heavy atom. The fourth-order valence-corrected chi connectivity index (χ4v) is 4.55. The quantitative estimate of drug-likeness (QED) is 0.314. The Labute approximate surface area is 219 Å². The van der Waals surface area contributed by atoms with Gasteiger partial charge in [0.1, 0.15) is 5.82 Å². The zero-order valence-corrected chi connectivity index (χ0v) is 21.5. The predicted octanol–water partition coefficient (Wildman–Crippen LogP) is 5.22. The SMILES string of the molecule is CC(=O)N(CCCN(C)C)c1ccc(N=C(c2ccc3c(c2)OCO3)c2c(O)[nH]c3cc(F)ccc23)cc1. The number of fused-ring (bicyclic) bond motifs is 2. The van der Waals surface area contributed by atoms with E-state index in [2.05, 4.69) is 9.88 Å². The molecule has 196 valence electrons. The van der Waals surface area contributed by atoms with E-state index in [9.17, 15) is 14.3 Å². The van der Waals surface area contributed by atoms with Crippen LogP contribution in [0.1, 0.15) is 24.5 Å². The molecule has 0 radical (unpaired) electrons. The number of anilines is 1. The van der Waals surface area contributed by atoms with Gasteiger partial charge in [0.05, 0.1) is 22.5 Å². The number of rotatable bonds is 8. The maximum atomic E-state index is 13.9. The summed E-state index contributed by atoms with van der Waals surface area (Å²) in [5.41, 5.74) is 3.46. The Balaban J connectivity index is 1.56. The summed E-state index contributed by atoms with van der Waals surface area (Å²) in [5.74, 6) is 0.634. The van der Waals surface area contributed by atoms with Crippen LogP contribution in [0, 0.1) is 5.82 Å². The fraction of sp³-hybridized carbons (Fsp3) is 0.241. The molecule has 0 aliphatic carbocycles. The average molecular weight is 517 g/mol. The van der Waals surface area contributed by atoms with E-state index >= 15 is 0 Å². The van der Waals surface area contributed by atoms with Crippen molar-refractivity contribution >= 4 is 33.9 Å². The number of hydrogen-bond acceptors (Lipinski definition) is 6. The molecule has 5 rings (SSSR count). The molecule has 1 aliphatic heterocycles. The van der Waals surface area contributed by atoms with Gasteiger partial charge in [0.2, 0.25) is 12.7 Å². The molecule has 0 atom stereocenters. The van der Waals surface area contributed by atoms with Crippen LogP contribution in [0.2, 0.25) is 0 Å². The number of aliphatic imine (C=N–C) groups is 1. The van der Waals surface area contributed by atoms with Crippen LogP contribution >= 0.6 is 0 Å². The second-order valence-electron chi connectivity index (χ2n) is 9.41. The van der Waals surface area contributed by atoms with Crippen molar-refractivity contribution in [2.75, 3.05) is 38.9 Å². The van der Waals surface area contributed by atoms with Crippen molar-refractivity contribution in [2.45, 2.75) is 13.3 Å². The monoisotopic (exact) mass is 516 g/mol. The summed E-state index contributed by atoms with van der Waals surface area (Å²) in [6, 6.07) is 17.1. The Bertz CT molecular complexity index is 1510. The Morgan fingerprint density at radius 3 is 2.53 bits per heavy atom. The van der Waals surface area contributed by atoms with E-state index in [4.69, 9.17) is 14.5 Å². The van der Waals surface area contributed by atoms with Gasteiger partial charge >= 0.3 is 0 Å². The van der Waals surface area contributed by atoms with E-state index in [1.54, 1.807) is 30.0 Å². The molecular formula is C29H29FN4O4. The Hall–Kier alpha value is -4.37. The number of halogens is 1. The first kappa shape index (κ1) is 25.3. The third kappa shape index (κ3) is 5.19. The Kier molecular flexibility index (Phi) is 7.02. The largest absolute Gasteiger partial charge is 0.494 e. The second kappa shape index (κ2) is 10.5. The van der Waals surface area contributed by atoms with Crippen LogP contribution in [0.15, 0.2) is 65.7 Å². The number of nitrogens with zero attached hydrogens (tertiary/aromatic N) is 3. The van der Waals surface area contributed by atoms with Gasteiger partial charge in [0, 0.05) is 30.1 Å². The first-order chi connectivity index (χ1) is 18.3. The minimum absolute atomic E-state index is 0.0306. The number of H-pyrrole nitrogens is 1. The lowest BCUT2D eigenvalue weighted by Gasteiger charge is -2.22. The van der Waals surface area contributed by atoms with Crippen molar-refractivity contribution in [3.05, 3.63) is 77.6 Å². The first-order valence-corrected chi connectivity index (χ1v) is 12.3. The molecule has 1 amide bonds. The Morgan fingerprint density at radius 2 is 1.79 bits per heavy atom. The molecule has 1 aromatic heterocycles. The number of carbonyl (C=O) groups excluding carboxylic acids is 1. The van der Waals surface area contributed by atoms with Gasteiger partial charge in [-0.3, -0.25) is 4.79 Å². The molecule has 0 saturated carbocycles. The number of aromatic hydroxyl groups is 1. The third-order valence-corrected chi connectivity index (χ3v) is 6.39. The van der Waals surface area contributed by atoms with Crippen LogP contribution in [0.5, 0.6) is 17.4 Å². The van der Waals surface area contributed by atoms with Crippen molar-refractivity contribution in [3.63, 3.8) is 0 Å². The lowest BCUT2D eigenvalue weighted by molar-refractivity contribution is -0.116. The molecule has 0 saturated heterocycles. The highest BCUT2D eigenvalue weighted by Gasteiger charge is 2.22. The average Bonchev–Trinajstić information content (AvgIpc) is 3.48. The number of aromatic amines is 1. The summed E-state index contributed by atoms with van der Waals surface area (Å²) in [6.45, 7) is 3.18. The topological polar surface area (TPSA) is 90.4 Å². The number of aromatic nitrogens is 1. The van der Waals surface area contributed by atoms with E-state index in [0.29, 0.717) is 51.5 Å². The zero-order valence-electron chi connectivity index (χ0n) is 21.5. The summed E-state index contributed by atoms with van der Waals surface area (Å²) in [5, 5.41) is 11.5. The van der Waals surface area contributed by atoms with Gasteiger partial charge in [-0.15, -0.1) is 0 Å². The van der Waals surface area contributed by atoms with Gasteiger partial charge in [-0.2, -0.15) is 0 Å². The van der Waals surface area contributed by atoms with Crippen molar-refractivity contribution in [1.29, 1.82) is 0 Å². The van der Waals surface area contributed by atoms with E-state index in [0.717, 1.165) is 18.7 Å². The van der Waals surface area contributed by atoms with Crippen LogP contribution in [-0.4, -0.2) is 60.6 Å². The molecule has 8 nitrogen and oxygen atoms in total. The molecule has 4 aromatic rings. The summed E-state index contributed by atoms with van der Waals surface area (Å²) in [7, 11) is 4.01. The third-order valence-electron chi connectivity index (χ3n) is 6.39. The van der Waals surface area contributed by atoms with Gasteiger partial charge in [0.15, 0.2) is 17.4 Å². The maximum Gasteiger partial charge on any atom is 0.231 e. The molecule has 1 aliphatic rings. The van der Waals surface area contributed by atoms with Crippen LogP contribution < -0.4 is 14.4 Å². The smallest absolute Gasteiger partial charge is 0.231 e. The van der Waals surface area contributed by atoms with Gasteiger partial charge in [-0.25, -0.2) is 9.38 Å². The minimum atomic E-state index is -0.414. The molecule has 9 heteroatoms. The molecular weight excluding hydrogens is 487 g/mol. The van der Waals surface area contributed by atoms with Gasteiger partial charge < -0.3 is 29.4 Å². The van der Waals surface area contributed by atoms with E-state index in [-0.39, 0.29) is 18.6 Å². The molecule has 0 unspecified atom stereocenters. The summed E-state index contributed by atoms with van der Waals surface area (Å²) < 4.78 is 24.9. The number of carbonyl (C=O) groups is 1. The highest BCUT2D eigenvalue weighted by atomic mass is 19.1. The van der Waals surface area contributed by atoms with Crippen molar-refractivity contribution in [3.8, 4) is 17.4 Å². The van der Waals surface area contributed by atoms with E-state index in [1.807, 2.05) is 44.4 Å². The zero-order chi connectivity index (χ0) is 26.8. The second-order valence-corrected chi connectivity index (χ2v) is 9.41. The molecule has 0 bridgehead atoms. The number of amides is 1. The van der Waals surface area contributed by atoms with Crippen molar-refractivity contribution < 1.29 is 23.8 Å². The summed E-state index contributed by atoms with van der Waals surface area (Å²) >= 11 is 0. The number of ether oxygens (including phenoxy) is 2. The van der Waals surface area contributed by atoms with Crippen LogP contribution in [0.3, 0.4) is 0 Å². The van der Waals surface area contributed by atoms with Gasteiger partial charge in [0.25, 0.3) is 0 Å². The normalized spacial score (nSPS) is 12.9. The molecule has 38 heavy (non-hydrogen) atoms. The maximum absolute atomic E-state index is 13.9. The lowest BCUT2D eigenvalue weighted by Crippen LogP contribution is -2.31. The molecule has 3 aromatic carbocycles. The van der Waals surface area contributed by atoms with Gasteiger partial charge in [-0.1, -0.05) is 0 Å². The standard InChI is InChI=1S/C29H29FN4O4/c1-18(35)34(14-4-13-33(2)3)22-9-7-21(8-10-22)31-28(19-5-12-25-26(15-19)38-17-37-25)27-23-11-6-20(30)16-24(23)32-29(27)36/h5-12,15-16,32,36H,4,13-14,17H2,1-3H3. The summed E-state index contributed by atoms with van der Waals surface area (Å²) in [6.07, 6.45) is 0.848. The molecule has 2 heterocycles. The minimum Gasteiger partial charge on any atom is -0.494 e. The number of hydrogen-bond donors (Lipinski definition) is 2. The fourth-order valence-electron chi connectivity index (χ4n) is 4.55. The molecule has 0 spiro atoms. The van der Waals surface area contributed by atoms with E-state index < -0.39 is 5.82 Å². The summed E-state index contributed by atoms with van der Waals surface area (Å²) in [4.78, 5) is 23.9. The molecule has 0 fully saturated rings. The highest BCUT2D eigenvalue weighted by Crippen LogP contribution is 2.37. The number of nitrogens with one attached hydrogen (secondary N) is 1. The highest BCUT2D eigenvalue weighted by molar-refractivity contribution is 6.22. The van der Waals surface area contributed by atoms with Crippen molar-refractivity contribution in [1.82, 2.24) is 9.88 Å².